The second-order valence-corrected chi connectivity index (χ2v) is 7.16. The number of nitrogens with zero attached hydrogens (tertiary/aromatic N) is 1. The highest BCUT2D eigenvalue weighted by Crippen LogP contribution is 2.20. The minimum Gasteiger partial charge on any atom is -0.350 e. The molecule has 6 heteroatoms. The van der Waals surface area contributed by atoms with Crippen LogP contribution in [0.3, 0.4) is 0 Å². The van der Waals surface area contributed by atoms with Gasteiger partial charge in [-0.25, -0.2) is 4.79 Å². The summed E-state index contributed by atoms with van der Waals surface area (Å²) in [6, 6.07) is 6.01. The maximum Gasteiger partial charge on any atom is 0.322 e. The van der Waals surface area contributed by atoms with E-state index in [1.54, 1.807) is 29.2 Å². The van der Waals surface area contributed by atoms with Crippen molar-refractivity contribution >= 4 is 23.4 Å². The van der Waals surface area contributed by atoms with Gasteiger partial charge in [0, 0.05) is 23.3 Å². The molecule has 2 rings (SSSR count). The van der Waals surface area contributed by atoms with Crippen LogP contribution in [-0.2, 0) is 4.79 Å². The summed E-state index contributed by atoms with van der Waals surface area (Å²) in [6.45, 7) is 7.77. The zero-order chi connectivity index (χ0) is 17.9. The lowest BCUT2D eigenvalue weighted by Crippen LogP contribution is -2.52. The third-order valence-corrected chi connectivity index (χ3v) is 3.83. The molecule has 0 bridgehead atoms. The molecule has 0 aromatic heterocycles. The van der Waals surface area contributed by atoms with Gasteiger partial charge in [-0.2, -0.15) is 0 Å². The Hall–Kier alpha value is -2.37. The van der Waals surface area contributed by atoms with Gasteiger partial charge in [0.2, 0.25) is 5.91 Å². The zero-order valence-electron chi connectivity index (χ0n) is 14.7. The first-order chi connectivity index (χ1) is 11.2. The van der Waals surface area contributed by atoms with Crippen LogP contribution < -0.4 is 10.6 Å². The molecule has 1 saturated heterocycles. The third kappa shape index (κ3) is 4.57. The third-order valence-electron chi connectivity index (χ3n) is 3.83. The van der Waals surface area contributed by atoms with Crippen molar-refractivity contribution in [1.29, 1.82) is 0 Å². The number of urea groups is 1. The van der Waals surface area contributed by atoms with Gasteiger partial charge < -0.3 is 15.5 Å². The highest BCUT2D eigenvalue weighted by Gasteiger charge is 2.35. The summed E-state index contributed by atoms with van der Waals surface area (Å²) < 4.78 is 0. The predicted molar refractivity (Wildman–Crippen MR) is 93.1 cm³/mol. The van der Waals surface area contributed by atoms with Gasteiger partial charge in [0.1, 0.15) is 6.04 Å². The van der Waals surface area contributed by atoms with E-state index < -0.39 is 6.04 Å². The van der Waals surface area contributed by atoms with Crippen molar-refractivity contribution in [2.75, 3.05) is 11.9 Å². The molecule has 1 fully saturated rings. The number of hydrogen-bond donors (Lipinski definition) is 2. The van der Waals surface area contributed by atoms with Crippen LogP contribution >= 0.6 is 0 Å². The van der Waals surface area contributed by atoms with Crippen molar-refractivity contribution in [2.24, 2.45) is 0 Å². The van der Waals surface area contributed by atoms with Gasteiger partial charge in [0.25, 0.3) is 0 Å². The Morgan fingerprint density at radius 1 is 1.21 bits per heavy atom. The first-order valence-electron chi connectivity index (χ1n) is 8.18. The summed E-state index contributed by atoms with van der Waals surface area (Å²) in [5.41, 5.74) is 0.753. The summed E-state index contributed by atoms with van der Waals surface area (Å²) in [5, 5.41) is 5.71. The Morgan fingerprint density at radius 3 is 2.54 bits per heavy atom. The fraction of sp³-hybridized carbons (Fsp3) is 0.500. The van der Waals surface area contributed by atoms with Crippen molar-refractivity contribution in [3.05, 3.63) is 29.8 Å². The first kappa shape index (κ1) is 18.0. The number of carbonyl (C=O) groups is 3. The van der Waals surface area contributed by atoms with Crippen LogP contribution in [0.4, 0.5) is 10.5 Å². The van der Waals surface area contributed by atoms with Crippen molar-refractivity contribution in [1.82, 2.24) is 10.2 Å². The average Bonchev–Trinajstić information content (AvgIpc) is 2.95. The number of likely N-dealkylation sites (tertiary alicyclic amines) is 1. The molecule has 1 aromatic carbocycles. The van der Waals surface area contributed by atoms with Crippen LogP contribution in [0.25, 0.3) is 0 Å². The van der Waals surface area contributed by atoms with Crippen LogP contribution in [0.2, 0.25) is 0 Å². The number of nitrogens with one attached hydrogen (secondary N) is 2. The highest BCUT2D eigenvalue weighted by atomic mass is 16.2. The number of amides is 3. The van der Waals surface area contributed by atoms with Gasteiger partial charge in [-0.3, -0.25) is 9.59 Å². The second-order valence-electron chi connectivity index (χ2n) is 7.16. The van der Waals surface area contributed by atoms with Crippen molar-refractivity contribution < 1.29 is 14.4 Å². The Labute approximate surface area is 142 Å². The van der Waals surface area contributed by atoms with E-state index in [0.717, 1.165) is 6.42 Å². The molecule has 1 aliphatic rings. The molecule has 1 aromatic rings. The van der Waals surface area contributed by atoms with Crippen LogP contribution in [0.15, 0.2) is 24.3 Å². The molecule has 1 atom stereocenters. The summed E-state index contributed by atoms with van der Waals surface area (Å²) in [5.74, 6) is -0.192. The molecule has 1 aliphatic heterocycles. The number of Topliss-reactive ketones (excluding diaryl/α,β-unsaturated/α-hetero) is 1. The second kappa shape index (κ2) is 7.03. The van der Waals surface area contributed by atoms with Crippen molar-refractivity contribution in [3.63, 3.8) is 0 Å². The SMILES string of the molecule is CC(=O)c1cccc(NC(=O)N2CCCC2C(=O)NC(C)(C)C)c1. The van der Waals surface area contributed by atoms with Gasteiger partial charge in [-0.05, 0) is 52.7 Å². The maximum absolute atomic E-state index is 12.5. The summed E-state index contributed by atoms with van der Waals surface area (Å²) in [4.78, 5) is 37.9. The highest BCUT2D eigenvalue weighted by molar-refractivity contribution is 5.98. The van der Waals surface area contributed by atoms with E-state index in [-0.39, 0.29) is 23.3 Å². The minimum atomic E-state index is -0.458. The lowest BCUT2D eigenvalue weighted by Gasteiger charge is -2.28. The van der Waals surface area contributed by atoms with Crippen molar-refractivity contribution in [2.45, 2.75) is 52.1 Å². The standard InChI is InChI=1S/C18H25N3O3/c1-12(22)13-7-5-8-14(11-13)19-17(24)21-10-6-9-15(21)16(23)20-18(2,3)4/h5,7-8,11,15H,6,9-10H2,1-4H3,(H,19,24)(H,20,23). The maximum atomic E-state index is 12.5. The zero-order valence-corrected chi connectivity index (χ0v) is 14.7. The van der Waals surface area contributed by atoms with E-state index in [0.29, 0.717) is 24.2 Å². The van der Waals surface area contributed by atoms with Gasteiger partial charge in [0.05, 0.1) is 0 Å². The topological polar surface area (TPSA) is 78.5 Å². The lowest BCUT2D eigenvalue weighted by atomic mass is 10.1. The lowest BCUT2D eigenvalue weighted by molar-refractivity contribution is -0.126. The molecule has 0 radical (unpaired) electrons. The Bertz CT molecular complexity index is 649. The van der Waals surface area contributed by atoms with Gasteiger partial charge >= 0.3 is 6.03 Å². The number of ketones is 1. The van der Waals surface area contributed by atoms with E-state index in [9.17, 15) is 14.4 Å². The smallest absolute Gasteiger partial charge is 0.322 e. The molecule has 0 saturated carbocycles. The summed E-state index contributed by atoms with van der Waals surface area (Å²) >= 11 is 0. The molecular weight excluding hydrogens is 306 g/mol. The largest absolute Gasteiger partial charge is 0.350 e. The molecule has 2 N–H and O–H groups in total. The Morgan fingerprint density at radius 2 is 1.92 bits per heavy atom. The van der Waals surface area contributed by atoms with E-state index in [2.05, 4.69) is 10.6 Å². The molecular formula is C18H25N3O3. The van der Waals surface area contributed by atoms with Crippen molar-refractivity contribution in [3.8, 4) is 0 Å². The van der Waals surface area contributed by atoms with E-state index in [1.165, 1.54) is 6.92 Å². The Balaban J connectivity index is 2.07. The van der Waals surface area contributed by atoms with Gasteiger partial charge in [0.15, 0.2) is 5.78 Å². The first-order valence-corrected chi connectivity index (χ1v) is 8.18. The molecule has 1 heterocycles. The van der Waals surface area contributed by atoms with E-state index in [1.807, 2.05) is 20.8 Å². The predicted octanol–water partition coefficient (Wildman–Crippen LogP) is 2.80. The number of benzene rings is 1. The van der Waals surface area contributed by atoms with Crippen LogP contribution in [0.5, 0.6) is 0 Å². The number of hydrogen-bond acceptors (Lipinski definition) is 3. The fourth-order valence-electron chi connectivity index (χ4n) is 2.75. The molecule has 24 heavy (non-hydrogen) atoms. The molecule has 1 unspecified atom stereocenters. The van der Waals surface area contributed by atoms with Crippen LogP contribution in [0.1, 0.15) is 50.9 Å². The number of carbonyl (C=O) groups excluding carboxylic acids is 3. The van der Waals surface area contributed by atoms with Crippen LogP contribution in [0, 0.1) is 0 Å². The summed E-state index contributed by atoms with van der Waals surface area (Å²) in [7, 11) is 0. The Kier molecular flexibility index (Phi) is 5.26. The molecule has 3 amide bonds. The number of rotatable bonds is 3. The van der Waals surface area contributed by atoms with E-state index >= 15 is 0 Å². The molecule has 130 valence electrons. The number of anilines is 1. The summed E-state index contributed by atoms with van der Waals surface area (Å²) in [6.07, 6.45) is 1.45. The minimum absolute atomic E-state index is 0.0605. The quantitative estimate of drug-likeness (QED) is 0.836. The van der Waals surface area contributed by atoms with Crippen LogP contribution in [-0.4, -0.2) is 40.7 Å². The normalized spacial score (nSPS) is 17.5. The molecule has 6 nitrogen and oxygen atoms in total. The van der Waals surface area contributed by atoms with Gasteiger partial charge in [-0.1, -0.05) is 12.1 Å². The fourth-order valence-corrected chi connectivity index (χ4v) is 2.75. The molecule has 0 aliphatic carbocycles. The average molecular weight is 331 g/mol. The van der Waals surface area contributed by atoms with E-state index in [4.69, 9.17) is 0 Å². The molecule has 0 spiro atoms. The monoisotopic (exact) mass is 331 g/mol. The van der Waals surface area contributed by atoms with Gasteiger partial charge in [-0.15, -0.1) is 0 Å².